The van der Waals surface area contributed by atoms with Crippen molar-refractivity contribution in [3.8, 4) is 0 Å². The third-order valence-corrected chi connectivity index (χ3v) is 25.1. The van der Waals surface area contributed by atoms with Crippen molar-refractivity contribution in [2.45, 2.75) is 150 Å². The van der Waals surface area contributed by atoms with Crippen molar-refractivity contribution in [1.29, 1.82) is 5.41 Å². The van der Waals surface area contributed by atoms with E-state index in [1.807, 2.05) is 16.7 Å². The third-order valence-electron chi connectivity index (χ3n) is 25.1. The predicted molar refractivity (Wildman–Crippen MR) is 454 cm³/mol. The Morgan fingerprint density at radius 2 is 0.688 bits per heavy atom. The predicted octanol–water partition coefficient (Wildman–Crippen LogP) is 3.81. The van der Waals surface area contributed by atoms with Crippen molar-refractivity contribution in [3.05, 3.63) is 118 Å². The second-order valence-electron chi connectivity index (χ2n) is 33.6. The number of benzene rings is 3. The maximum absolute atomic E-state index is 12.6. The molecule has 3 aromatic rings. The van der Waals surface area contributed by atoms with Crippen molar-refractivity contribution in [1.82, 2.24) is 60.5 Å². The highest BCUT2D eigenvalue weighted by Crippen LogP contribution is 2.39. The molecule has 682 valence electrons. The number of epoxide rings is 1. The molecule has 125 heavy (non-hydrogen) atoms. The zero-order valence-electron chi connectivity index (χ0n) is 72.6. The maximum Gasteiger partial charge on any atom is 0.409 e. The molecule has 0 bridgehead atoms. The molecule has 6 spiro atoms. The van der Waals surface area contributed by atoms with Gasteiger partial charge in [0.2, 0.25) is 29.5 Å². The van der Waals surface area contributed by atoms with E-state index in [4.69, 9.17) is 72.7 Å². The number of morpholine rings is 5. The quantitative estimate of drug-likeness (QED) is 0.0522. The van der Waals surface area contributed by atoms with E-state index in [2.05, 4.69) is 31.0 Å². The number of nitrogens with one attached hydrogen (secondary N) is 5. The normalized spacial score (nSPS) is 22.0. The fraction of sp³-hybridized carbons (Fsp3) is 0.632. The van der Waals surface area contributed by atoms with Gasteiger partial charge in [0.1, 0.15) is 38.9 Å². The van der Waals surface area contributed by atoms with E-state index in [1.54, 1.807) is 130 Å². The standard InChI is InChI=1S/C17H22N4O3.C17H19N3O3.C16H17N3O3.C11H18N2O4.C9H18N2O3.C9H15NO3.C8H14N2O2/c1-20-11-17(24-10-14(20)22)6-8-21(9-7-17)16(23)13-4-2-12(3-5-13)15(18)19;1-18-14-5-3-13(4-6-14)16(22)20-9-7-17(8-10-20)12-19(2)15(21)11-23-17;1-17-13-4-2-12(3-5-13)15(21)19-8-6-16(7-9-19)11-18-14(20)10-22-16;1-2-16-10(15)13-5-3-11(4-6-13)8-12-9(14)7-17-11;1-2-14-8(12)11-5-3-9(13,7-10)4-6-11;1-2-12-8(11)10-5-3-9(4-6-10)7-13-9;11-7-5-12-8(6-10-7)1-3-9-4-2-8/h2-5H,6-11H2,1H3,(H3,18,19);3-6H,7-12H2,2H3;2-5H,6-11H2,(H,18,20);2-8H2,1H3,(H,12,14);13H,2-7,10H2,1H3;2-7H2,1H3;9H,1-6H2,(H,10,11). The van der Waals surface area contributed by atoms with E-state index >= 15 is 0 Å². The summed E-state index contributed by atoms with van der Waals surface area (Å²) < 4.78 is 48.5. The number of hydrogen-bond donors (Lipinski definition) is 8. The molecule has 0 atom stereocenters. The van der Waals surface area contributed by atoms with Crippen LogP contribution in [-0.4, -0.2) is 359 Å². The summed E-state index contributed by atoms with van der Waals surface area (Å²) in [5.74, 6) is -0.199. The Labute approximate surface area is 729 Å². The van der Waals surface area contributed by atoms with Gasteiger partial charge in [-0.25, -0.2) is 24.1 Å². The number of carbonyl (C=O) groups excluding carboxylic acids is 11. The maximum atomic E-state index is 12.6. The lowest BCUT2D eigenvalue weighted by Gasteiger charge is -2.46. The molecule has 16 rings (SSSR count). The SMILES string of the molecule is CCOC(=O)N1CCC(O)(CN)CC1.CCOC(=O)N1CCC2(CC1)CNC(=O)CO2.CCOC(=O)N1CCC2(CC1)CO2.CN1CC2(CCN(C(=O)c3ccc(C(=N)N)cc3)CC2)OCC1=O.O=C1COC2(CCNCC2)CN1.[C-]#[N+]c1ccc(C(=O)N2CCC3(CC2)CN(C)C(=O)CO3)cc1.[C-]#[N+]c1ccc(C(=O)N2CCC3(CC2)CNC(=O)CO3)cc1. The Bertz CT molecular complexity index is 4260. The first-order chi connectivity index (χ1) is 59.9. The third kappa shape index (κ3) is 26.9. The van der Waals surface area contributed by atoms with E-state index in [0.717, 1.165) is 110 Å². The van der Waals surface area contributed by atoms with Crippen LogP contribution >= 0.6 is 0 Å². The number of aliphatic hydroxyl groups is 1. The van der Waals surface area contributed by atoms with Crippen molar-refractivity contribution in [2.24, 2.45) is 11.5 Å². The van der Waals surface area contributed by atoms with Crippen molar-refractivity contribution in [2.75, 3.05) is 204 Å². The van der Waals surface area contributed by atoms with Gasteiger partial charge in [-0.15, -0.1) is 0 Å². The van der Waals surface area contributed by atoms with Gasteiger partial charge in [0, 0.05) is 154 Å². The van der Waals surface area contributed by atoms with Crippen LogP contribution in [-0.2, 0) is 66.6 Å². The first-order valence-corrected chi connectivity index (χ1v) is 43.2. The molecule has 38 nitrogen and oxygen atoms in total. The highest BCUT2D eigenvalue weighted by molar-refractivity contribution is 5.98. The number of hydrogen-bond acceptors (Lipinski definition) is 24. The number of rotatable bonds is 8. The number of nitrogen functional groups attached to an aromatic ring is 1. The molecular weight excluding hydrogens is 1620 g/mol. The van der Waals surface area contributed by atoms with E-state index in [0.29, 0.717) is 164 Å². The molecular formula is C87H123N17O21. The molecule has 38 heteroatoms. The van der Waals surface area contributed by atoms with Crippen molar-refractivity contribution >= 4 is 82.7 Å². The summed E-state index contributed by atoms with van der Waals surface area (Å²) in [5.41, 5.74) is 12.4. The highest BCUT2D eigenvalue weighted by atomic mass is 16.6. The summed E-state index contributed by atoms with van der Waals surface area (Å²) in [6, 6.07) is 20.2. The summed E-state index contributed by atoms with van der Waals surface area (Å²) in [6.45, 7) is 34.8. The number of nitrogens with zero attached hydrogens (tertiary/aromatic N) is 10. The zero-order chi connectivity index (χ0) is 90.0. The van der Waals surface area contributed by atoms with E-state index in [1.165, 1.54) is 0 Å². The Morgan fingerprint density at radius 1 is 0.416 bits per heavy atom. The molecule has 11 amide bonds. The number of nitrogens with two attached hydrogens (primary N) is 2. The van der Waals surface area contributed by atoms with E-state index in [9.17, 15) is 57.8 Å². The molecule has 13 fully saturated rings. The smallest absolute Gasteiger partial charge is 0.409 e. The number of likely N-dealkylation sites (N-methyl/N-ethyl adjacent to an activating group) is 2. The monoisotopic (exact) mass is 1740 g/mol. The molecule has 13 saturated heterocycles. The first-order valence-electron chi connectivity index (χ1n) is 43.2. The number of carbonyl (C=O) groups is 11. The Morgan fingerprint density at radius 3 is 0.960 bits per heavy atom. The molecule has 0 radical (unpaired) electrons. The summed E-state index contributed by atoms with van der Waals surface area (Å²) in [7, 11) is 3.59. The van der Waals surface area contributed by atoms with E-state index < -0.39 is 5.60 Å². The number of piperidine rings is 7. The largest absolute Gasteiger partial charge is 0.450 e. The first kappa shape index (κ1) is 96.5. The van der Waals surface area contributed by atoms with Crippen LogP contribution < -0.4 is 32.7 Å². The van der Waals surface area contributed by atoms with Crippen LogP contribution in [0.3, 0.4) is 0 Å². The molecule has 13 aliphatic rings. The Hall–Kier alpha value is -10.7. The zero-order valence-corrected chi connectivity index (χ0v) is 72.6. The van der Waals surface area contributed by atoms with Crippen LogP contribution in [0.25, 0.3) is 9.69 Å². The fourth-order valence-electron chi connectivity index (χ4n) is 16.6. The summed E-state index contributed by atoms with van der Waals surface area (Å²) in [4.78, 5) is 148. The van der Waals surface area contributed by atoms with Crippen LogP contribution in [0.5, 0.6) is 0 Å². The van der Waals surface area contributed by atoms with Gasteiger partial charge < -0.3 is 120 Å². The number of ether oxygens (including phenoxy) is 9. The lowest BCUT2D eigenvalue weighted by molar-refractivity contribution is -0.167. The molecule has 13 aliphatic heterocycles. The number of amides is 11. The van der Waals surface area contributed by atoms with Gasteiger partial charge in [-0.2, -0.15) is 0 Å². The molecule has 13 heterocycles. The van der Waals surface area contributed by atoms with Crippen LogP contribution in [0.1, 0.15) is 147 Å². The molecule has 0 saturated carbocycles. The minimum atomic E-state index is -0.789. The van der Waals surface area contributed by atoms with Crippen LogP contribution in [0.15, 0.2) is 72.8 Å². The second kappa shape index (κ2) is 44.5. The highest BCUT2D eigenvalue weighted by Gasteiger charge is 2.49. The van der Waals surface area contributed by atoms with Crippen LogP contribution in [0, 0.1) is 18.6 Å². The van der Waals surface area contributed by atoms with Crippen molar-refractivity contribution in [3.63, 3.8) is 0 Å². The fourth-order valence-corrected chi connectivity index (χ4v) is 16.6. The Balaban J connectivity index is 0.000000155. The molecule has 0 aliphatic carbocycles. The lowest BCUT2D eigenvalue weighted by atomic mass is 9.89. The van der Waals surface area contributed by atoms with Gasteiger partial charge in [0.05, 0.1) is 78.8 Å². The molecule has 0 unspecified atom stereocenters. The van der Waals surface area contributed by atoms with Gasteiger partial charge in [-0.1, -0.05) is 60.7 Å². The average Bonchev–Trinajstić information content (AvgIpc) is 1.65. The summed E-state index contributed by atoms with van der Waals surface area (Å²) in [5, 5.41) is 29.0. The van der Waals surface area contributed by atoms with Crippen LogP contribution in [0.4, 0.5) is 25.8 Å². The topological polar surface area (TPSA) is 453 Å². The minimum absolute atomic E-state index is 0.00434. The van der Waals surface area contributed by atoms with E-state index in [-0.39, 0.29) is 145 Å². The van der Waals surface area contributed by atoms with Gasteiger partial charge in [-0.05, 0) is 136 Å². The minimum Gasteiger partial charge on any atom is -0.450 e. The van der Waals surface area contributed by atoms with Gasteiger partial charge in [0.25, 0.3) is 17.7 Å². The molecule has 10 N–H and O–H groups in total. The second-order valence-corrected chi connectivity index (χ2v) is 33.6. The van der Waals surface area contributed by atoms with Crippen molar-refractivity contribution < 1.29 is 100 Å². The average molecular weight is 1740 g/mol. The van der Waals surface area contributed by atoms with Gasteiger partial charge in [0.15, 0.2) is 11.4 Å². The summed E-state index contributed by atoms with van der Waals surface area (Å²) >= 11 is 0. The van der Waals surface area contributed by atoms with Gasteiger partial charge in [-0.3, -0.25) is 43.8 Å². The van der Waals surface area contributed by atoms with Crippen LogP contribution in [0.2, 0.25) is 0 Å². The number of amidine groups is 1. The Kier molecular flexibility index (Phi) is 34.3. The number of likely N-dealkylation sites (tertiary alicyclic amines) is 6. The summed E-state index contributed by atoms with van der Waals surface area (Å²) in [6.07, 6.45) is 10.1. The van der Waals surface area contributed by atoms with Gasteiger partial charge >= 0.3 is 18.3 Å². The lowest BCUT2D eigenvalue weighted by Crippen LogP contribution is -2.58. The molecule has 0 aromatic heterocycles. The molecule has 3 aromatic carbocycles.